The van der Waals surface area contributed by atoms with Gasteiger partial charge in [-0.25, -0.2) is 9.97 Å². The summed E-state index contributed by atoms with van der Waals surface area (Å²) in [7, 11) is 0. The maximum absolute atomic E-state index is 12.2. The number of nitrogens with one attached hydrogen (secondary N) is 1. The van der Waals surface area contributed by atoms with Crippen molar-refractivity contribution in [2.24, 2.45) is 0 Å². The molecule has 1 amide bonds. The number of hydrogen-bond acceptors (Lipinski definition) is 5. The molecule has 118 valence electrons. The van der Waals surface area contributed by atoms with Crippen molar-refractivity contribution < 1.29 is 22.7 Å². The minimum Gasteiger partial charge on any atom is -0.467 e. The van der Waals surface area contributed by atoms with Gasteiger partial charge in [-0.3, -0.25) is 4.79 Å². The lowest BCUT2D eigenvalue weighted by atomic mass is 10.2. The number of aromatic nitrogens is 2. The van der Waals surface area contributed by atoms with Crippen LogP contribution < -0.4 is 10.1 Å². The smallest absolute Gasteiger partial charge is 0.422 e. The van der Waals surface area contributed by atoms with Crippen LogP contribution in [0.5, 0.6) is 5.88 Å². The number of ether oxygens (including phenoxy) is 1. The number of pyridine rings is 1. The van der Waals surface area contributed by atoms with Crippen LogP contribution in [0.1, 0.15) is 20.2 Å². The SMILES string of the molecule is Cc1ncc(CNC(=O)c2cccnc2OCC(F)(F)F)s1. The second-order valence-electron chi connectivity index (χ2n) is 4.29. The Hall–Kier alpha value is -2.16. The highest BCUT2D eigenvalue weighted by Crippen LogP contribution is 2.20. The monoisotopic (exact) mass is 331 g/mol. The summed E-state index contributed by atoms with van der Waals surface area (Å²) < 4.78 is 41.1. The number of thiazole rings is 1. The fraction of sp³-hybridized carbons (Fsp3) is 0.308. The number of carbonyl (C=O) groups is 1. The Kier molecular flexibility index (Phi) is 4.96. The molecule has 2 aromatic rings. The second kappa shape index (κ2) is 6.73. The summed E-state index contributed by atoms with van der Waals surface area (Å²) in [6.45, 7) is 0.566. The van der Waals surface area contributed by atoms with Crippen molar-refractivity contribution in [3.63, 3.8) is 0 Å². The maximum atomic E-state index is 12.2. The molecule has 0 unspecified atom stereocenters. The number of carbonyl (C=O) groups excluding carboxylic acids is 1. The summed E-state index contributed by atoms with van der Waals surface area (Å²) in [4.78, 5) is 20.6. The Morgan fingerprint density at radius 2 is 2.18 bits per heavy atom. The van der Waals surface area contributed by atoms with E-state index in [1.807, 2.05) is 6.92 Å². The molecule has 2 aromatic heterocycles. The van der Waals surface area contributed by atoms with Crippen molar-refractivity contribution in [3.05, 3.63) is 40.0 Å². The summed E-state index contributed by atoms with van der Waals surface area (Å²) in [5.41, 5.74) is -0.0482. The minimum absolute atomic E-state index is 0.0482. The molecule has 2 heterocycles. The maximum Gasteiger partial charge on any atom is 0.422 e. The van der Waals surface area contributed by atoms with Gasteiger partial charge in [0.2, 0.25) is 5.88 Å². The number of aryl methyl sites for hydroxylation is 1. The van der Waals surface area contributed by atoms with Gasteiger partial charge in [0.1, 0.15) is 5.56 Å². The lowest BCUT2D eigenvalue weighted by molar-refractivity contribution is -0.154. The molecule has 1 N–H and O–H groups in total. The number of hydrogen-bond donors (Lipinski definition) is 1. The van der Waals surface area contributed by atoms with Crippen LogP contribution >= 0.6 is 11.3 Å². The van der Waals surface area contributed by atoms with Crippen LogP contribution in [0.25, 0.3) is 0 Å². The molecular formula is C13H12F3N3O2S. The highest BCUT2D eigenvalue weighted by atomic mass is 32.1. The first-order valence-corrected chi connectivity index (χ1v) is 7.01. The van der Waals surface area contributed by atoms with Gasteiger partial charge in [-0.05, 0) is 19.1 Å². The molecule has 0 aliphatic heterocycles. The van der Waals surface area contributed by atoms with Gasteiger partial charge in [0, 0.05) is 17.3 Å². The average molecular weight is 331 g/mol. The molecule has 5 nitrogen and oxygen atoms in total. The first-order valence-electron chi connectivity index (χ1n) is 6.19. The van der Waals surface area contributed by atoms with Crippen LogP contribution in [0.15, 0.2) is 24.5 Å². The van der Waals surface area contributed by atoms with E-state index in [1.54, 1.807) is 6.20 Å². The van der Waals surface area contributed by atoms with E-state index in [0.29, 0.717) is 0 Å². The zero-order valence-corrected chi connectivity index (χ0v) is 12.3. The Balaban J connectivity index is 2.02. The van der Waals surface area contributed by atoms with Crippen molar-refractivity contribution in [2.75, 3.05) is 6.61 Å². The molecule has 22 heavy (non-hydrogen) atoms. The van der Waals surface area contributed by atoms with Crippen LogP contribution in [0.4, 0.5) is 13.2 Å². The van der Waals surface area contributed by atoms with E-state index in [4.69, 9.17) is 0 Å². The van der Waals surface area contributed by atoms with Gasteiger partial charge >= 0.3 is 6.18 Å². The molecule has 0 aliphatic carbocycles. The standard InChI is InChI=1S/C13H12F3N3O2S/c1-8-18-5-9(22-8)6-19-11(20)10-3-2-4-17-12(10)21-7-13(14,15)16/h2-5H,6-7H2,1H3,(H,19,20). The molecule has 0 saturated carbocycles. The fourth-order valence-corrected chi connectivity index (χ4v) is 2.31. The van der Waals surface area contributed by atoms with Crippen LogP contribution in [0, 0.1) is 6.92 Å². The average Bonchev–Trinajstić information content (AvgIpc) is 2.88. The predicted octanol–water partition coefficient (Wildman–Crippen LogP) is 2.72. The van der Waals surface area contributed by atoms with Gasteiger partial charge in [-0.2, -0.15) is 13.2 Å². The molecule has 0 saturated heterocycles. The normalized spacial score (nSPS) is 11.3. The predicted molar refractivity (Wildman–Crippen MR) is 73.8 cm³/mol. The van der Waals surface area contributed by atoms with E-state index in [1.165, 1.54) is 29.7 Å². The van der Waals surface area contributed by atoms with Gasteiger partial charge in [0.15, 0.2) is 6.61 Å². The van der Waals surface area contributed by atoms with E-state index in [2.05, 4.69) is 20.0 Å². The summed E-state index contributed by atoms with van der Waals surface area (Å²) in [5, 5.41) is 3.46. The van der Waals surface area contributed by atoms with Gasteiger partial charge in [0.05, 0.1) is 11.6 Å². The molecule has 0 bridgehead atoms. The van der Waals surface area contributed by atoms with Crippen LogP contribution in [0.3, 0.4) is 0 Å². The largest absolute Gasteiger partial charge is 0.467 e. The number of halogens is 3. The molecular weight excluding hydrogens is 319 g/mol. The van der Waals surface area contributed by atoms with Gasteiger partial charge in [-0.15, -0.1) is 11.3 Å². The third-order valence-electron chi connectivity index (χ3n) is 2.48. The molecule has 0 radical (unpaired) electrons. The molecule has 0 fully saturated rings. The number of rotatable bonds is 5. The van der Waals surface area contributed by atoms with E-state index >= 15 is 0 Å². The number of nitrogens with zero attached hydrogens (tertiary/aromatic N) is 2. The van der Waals surface area contributed by atoms with E-state index in [-0.39, 0.29) is 18.0 Å². The van der Waals surface area contributed by atoms with Gasteiger partial charge in [-0.1, -0.05) is 0 Å². The van der Waals surface area contributed by atoms with Crippen LogP contribution in [0.2, 0.25) is 0 Å². The second-order valence-corrected chi connectivity index (χ2v) is 5.61. The molecule has 0 atom stereocenters. The molecule has 0 aromatic carbocycles. The summed E-state index contributed by atoms with van der Waals surface area (Å²) >= 11 is 1.42. The highest BCUT2D eigenvalue weighted by molar-refractivity contribution is 7.11. The van der Waals surface area contributed by atoms with Crippen molar-refractivity contribution in [1.82, 2.24) is 15.3 Å². The first kappa shape index (κ1) is 16.2. The quantitative estimate of drug-likeness (QED) is 0.915. The molecule has 9 heteroatoms. The summed E-state index contributed by atoms with van der Waals surface area (Å²) in [6, 6.07) is 2.80. The van der Waals surface area contributed by atoms with Crippen molar-refractivity contribution in [2.45, 2.75) is 19.6 Å². The topological polar surface area (TPSA) is 64.1 Å². The van der Waals surface area contributed by atoms with Crippen molar-refractivity contribution in [1.29, 1.82) is 0 Å². The highest BCUT2D eigenvalue weighted by Gasteiger charge is 2.29. The van der Waals surface area contributed by atoms with Crippen LogP contribution in [-0.4, -0.2) is 28.7 Å². The Morgan fingerprint density at radius 1 is 1.41 bits per heavy atom. The summed E-state index contributed by atoms with van der Waals surface area (Å²) in [5.74, 6) is -0.908. The zero-order valence-electron chi connectivity index (χ0n) is 11.5. The van der Waals surface area contributed by atoms with Crippen molar-refractivity contribution in [3.8, 4) is 5.88 Å². The molecule has 0 aliphatic rings. The van der Waals surface area contributed by atoms with Crippen LogP contribution in [-0.2, 0) is 6.54 Å². The fourth-order valence-electron chi connectivity index (χ4n) is 1.58. The Labute approximate surface area is 128 Å². The van der Waals surface area contributed by atoms with Gasteiger partial charge < -0.3 is 10.1 Å². The third-order valence-corrected chi connectivity index (χ3v) is 3.39. The summed E-state index contributed by atoms with van der Waals surface area (Å²) in [6.07, 6.45) is -1.61. The minimum atomic E-state index is -4.49. The van der Waals surface area contributed by atoms with Gasteiger partial charge in [0.25, 0.3) is 5.91 Å². The number of alkyl halides is 3. The molecule has 2 rings (SSSR count). The number of amides is 1. The lowest BCUT2D eigenvalue weighted by Crippen LogP contribution is -2.25. The third kappa shape index (κ3) is 4.69. The van der Waals surface area contributed by atoms with E-state index in [9.17, 15) is 18.0 Å². The lowest BCUT2D eigenvalue weighted by Gasteiger charge is -2.11. The first-order chi connectivity index (χ1) is 10.3. The van der Waals surface area contributed by atoms with E-state index < -0.39 is 18.7 Å². The van der Waals surface area contributed by atoms with E-state index in [0.717, 1.165) is 9.88 Å². The molecule has 0 spiro atoms. The Bertz CT molecular complexity index is 658. The Morgan fingerprint density at radius 3 is 2.82 bits per heavy atom. The zero-order chi connectivity index (χ0) is 16.2. The van der Waals surface area contributed by atoms with Crippen molar-refractivity contribution >= 4 is 17.2 Å².